The highest BCUT2D eigenvalue weighted by atomic mass is 16.2. The molecule has 2 aromatic heterocycles. The average Bonchev–Trinajstić information content (AvgIpc) is 3.26. The molecule has 1 saturated carbocycles. The fourth-order valence-electron chi connectivity index (χ4n) is 3.57. The third-order valence-electron chi connectivity index (χ3n) is 5.26. The normalized spacial score (nSPS) is 17.1. The van der Waals surface area contributed by atoms with Crippen LogP contribution in [0.25, 0.3) is 11.0 Å². The fourth-order valence-corrected chi connectivity index (χ4v) is 3.57. The van der Waals surface area contributed by atoms with E-state index in [2.05, 4.69) is 19.7 Å². The molecule has 1 amide bonds. The van der Waals surface area contributed by atoms with E-state index in [0.29, 0.717) is 18.7 Å². The number of aryl methyl sites for hydroxylation is 1. The first-order valence-electron chi connectivity index (χ1n) is 8.80. The largest absolute Gasteiger partial charge is 0.334 e. The summed E-state index contributed by atoms with van der Waals surface area (Å²) in [6.07, 6.45) is 5.41. The van der Waals surface area contributed by atoms with E-state index in [0.717, 1.165) is 41.6 Å². The van der Waals surface area contributed by atoms with Gasteiger partial charge in [-0.05, 0) is 37.0 Å². The van der Waals surface area contributed by atoms with Gasteiger partial charge in [0.25, 0.3) is 5.91 Å². The Balaban J connectivity index is 1.37. The summed E-state index contributed by atoms with van der Waals surface area (Å²) in [6, 6.07) is 5.70. The molecular formula is C18H20N6O. The topological polar surface area (TPSA) is 68.8 Å². The highest BCUT2D eigenvalue weighted by Crippen LogP contribution is 2.32. The molecule has 1 aromatic carbocycles. The number of rotatable bonds is 3. The molecule has 0 N–H and O–H groups in total. The maximum atomic E-state index is 12.9. The van der Waals surface area contributed by atoms with Crippen LogP contribution in [0.15, 0.2) is 24.5 Å². The van der Waals surface area contributed by atoms with Gasteiger partial charge in [-0.3, -0.25) is 4.79 Å². The van der Waals surface area contributed by atoms with E-state index in [4.69, 9.17) is 0 Å². The van der Waals surface area contributed by atoms with Gasteiger partial charge in [0.15, 0.2) is 5.82 Å². The molecule has 0 bridgehead atoms. The smallest absolute Gasteiger partial charge is 0.254 e. The van der Waals surface area contributed by atoms with Gasteiger partial charge in [0.05, 0.1) is 23.9 Å². The zero-order valence-electron chi connectivity index (χ0n) is 14.2. The van der Waals surface area contributed by atoms with E-state index in [1.54, 1.807) is 6.33 Å². The van der Waals surface area contributed by atoms with Crippen LogP contribution in [0.3, 0.4) is 0 Å². The molecule has 0 radical (unpaired) electrons. The molecule has 0 spiro atoms. The molecule has 2 aliphatic rings. The van der Waals surface area contributed by atoms with Crippen molar-refractivity contribution in [2.24, 2.45) is 13.0 Å². The second kappa shape index (κ2) is 5.40. The summed E-state index contributed by atoms with van der Waals surface area (Å²) < 4.78 is 4.15. The van der Waals surface area contributed by atoms with Crippen molar-refractivity contribution in [2.75, 3.05) is 6.54 Å². The third-order valence-corrected chi connectivity index (χ3v) is 5.26. The van der Waals surface area contributed by atoms with Crippen LogP contribution in [0.4, 0.5) is 0 Å². The van der Waals surface area contributed by atoms with Crippen molar-refractivity contribution in [2.45, 2.75) is 32.4 Å². The number of fused-ring (bicyclic) bond motifs is 2. The van der Waals surface area contributed by atoms with Crippen molar-refractivity contribution in [3.05, 3.63) is 41.7 Å². The summed E-state index contributed by atoms with van der Waals surface area (Å²) in [5.41, 5.74) is 2.55. The SMILES string of the molecule is Cn1cnc2cc(C(=O)N3CCn4c(CC5CC5)nnc4C3)ccc21. The van der Waals surface area contributed by atoms with E-state index in [-0.39, 0.29) is 5.91 Å². The summed E-state index contributed by atoms with van der Waals surface area (Å²) >= 11 is 0. The molecule has 0 atom stereocenters. The lowest BCUT2D eigenvalue weighted by Crippen LogP contribution is -2.38. The number of amides is 1. The second-order valence-corrected chi connectivity index (χ2v) is 7.12. The van der Waals surface area contributed by atoms with Crippen LogP contribution in [0.2, 0.25) is 0 Å². The van der Waals surface area contributed by atoms with Crippen molar-refractivity contribution in [3.8, 4) is 0 Å². The number of hydrogen-bond acceptors (Lipinski definition) is 4. The Bertz CT molecular complexity index is 967. The van der Waals surface area contributed by atoms with Crippen molar-refractivity contribution in [1.29, 1.82) is 0 Å². The van der Waals surface area contributed by atoms with Gasteiger partial charge in [-0.25, -0.2) is 4.98 Å². The van der Waals surface area contributed by atoms with E-state index < -0.39 is 0 Å². The maximum absolute atomic E-state index is 12.9. The molecule has 1 aliphatic carbocycles. The van der Waals surface area contributed by atoms with Gasteiger partial charge in [0.2, 0.25) is 0 Å². The molecule has 5 rings (SSSR count). The molecule has 7 heteroatoms. The molecular weight excluding hydrogens is 316 g/mol. The predicted molar refractivity (Wildman–Crippen MR) is 91.9 cm³/mol. The van der Waals surface area contributed by atoms with E-state index in [9.17, 15) is 4.79 Å². The van der Waals surface area contributed by atoms with Crippen LogP contribution in [0.1, 0.15) is 34.8 Å². The summed E-state index contributed by atoms with van der Waals surface area (Å²) in [6.45, 7) is 2.00. The number of carbonyl (C=O) groups is 1. The number of imidazole rings is 1. The molecule has 1 aliphatic heterocycles. The molecule has 1 fully saturated rings. The minimum absolute atomic E-state index is 0.0329. The second-order valence-electron chi connectivity index (χ2n) is 7.12. The molecule has 0 saturated heterocycles. The number of benzene rings is 1. The Morgan fingerprint density at radius 3 is 2.96 bits per heavy atom. The standard InChI is InChI=1S/C18H20N6O/c1-22-11-19-14-9-13(4-5-15(14)22)18(25)23-6-7-24-16(8-12-2-3-12)20-21-17(24)10-23/h4-5,9,11-12H,2-3,6-8,10H2,1H3. The number of hydrogen-bond donors (Lipinski definition) is 0. The molecule has 0 unspecified atom stereocenters. The predicted octanol–water partition coefficient (Wildman–Crippen LogP) is 1.77. The average molecular weight is 336 g/mol. The van der Waals surface area contributed by atoms with Crippen LogP contribution in [-0.2, 0) is 26.6 Å². The van der Waals surface area contributed by atoms with Crippen LogP contribution >= 0.6 is 0 Å². The monoisotopic (exact) mass is 336 g/mol. The van der Waals surface area contributed by atoms with Gasteiger partial charge < -0.3 is 14.0 Å². The maximum Gasteiger partial charge on any atom is 0.254 e. The van der Waals surface area contributed by atoms with Crippen molar-refractivity contribution in [3.63, 3.8) is 0 Å². The number of nitrogens with zero attached hydrogens (tertiary/aromatic N) is 6. The lowest BCUT2D eigenvalue weighted by molar-refractivity contribution is 0.0706. The summed E-state index contributed by atoms with van der Waals surface area (Å²) in [4.78, 5) is 19.1. The van der Waals surface area contributed by atoms with Gasteiger partial charge in [-0.15, -0.1) is 10.2 Å². The lowest BCUT2D eigenvalue weighted by Gasteiger charge is -2.28. The van der Waals surface area contributed by atoms with Crippen LogP contribution in [-0.4, -0.2) is 41.7 Å². The highest BCUT2D eigenvalue weighted by Gasteiger charge is 2.29. The highest BCUT2D eigenvalue weighted by molar-refractivity contribution is 5.97. The van der Waals surface area contributed by atoms with Crippen molar-refractivity contribution < 1.29 is 4.79 Å². The van der Waals surface area contributed by atoms with E-state index >= 15 is 0 Å². The Hall–Kier alpha value is -2.70. The quantitative estimate of drug-likeness (QED) is 0.731. The van der Waals surface area contributed by atoms with Crippen LogP contribution in [0.5, 0.6) is 0 Å². The summed E-state index contributed by atoms with van der Waals surface area (Å²) in [7, 11) is 1.95. The molecule has 3 aromatic rings. The molecule has 7 nitrogen and oxygen atoms in total. The minimum atomic E-state index is 0.0329. The van der Waals surface area contributed by atoms with E-state index in [1.807, 2.05) is 34.7 Å². The fraction of sp³-hybridized carbons (Fsp3) is 0.444. The van der Waals surface area contributed by atoms with Gasteiger partial charge >= 0.3 is 0 Å². The van der Waals surface area contributed by atoms with Crippen molar-refractivity contribution in [1.82, 2.24) is 29.2 Å². The first-order chi connectivity index (χ1) is 12.2. The zero-order valence-corrected chi connectivity index (χ0v) is 14.2. The first kappa shape index (κ1) is 14.6. The molecule has 25 heavy (non-hydrogen) atoms. The number of carbonyl (C=O) groups excluding carboxylic acids is 1. The van der Waals surface area contributed by atoms with Crippen LogP contribution in [0, 0.1) is 5.92 Å². The van der Waals surface area contributed by atoms with Gasteiger partial charge in [-0.2, -0.15) is 0 Å². The summed E-state index contributed by atoms with van der Waals surface area (Å²) in [5.74, 6) is 2.80. The van der Waals surface area contributed by atoms with Crippen molar-refractivity contribution >= 4 is 16.9 Å². The van der Waals surface area contributed by atoms with Gasteiger partial charge in [0.1, 0.15) is 5.82 Å². The Morgan fingerprint density at radius 2 is 2.12 bits per heavy atom. The Labute approximate surface area is 145 Å². The number of aromatic nitrogens is 5. The first-order valence-corrected chi connectivity index (χ1v) is 8.80. The molecule has 128 valence electrons. The zero-order chi connectivity index (χ0) is 17.0. The minimum Gasteiger partial charge on any atom is -0.334 e. The Kier molecular flexibility index (Phi) is 3.16. The van der Waals surface area contributed by atoms with Gasteiger partial charge in [-0.1, -0.05) is 0 Å². The Morgan fingerprint density at radius 1 is 1.24 bits per heavy atom. The van der Waals surface area contributed by atoms with Gasteiger partial charge in [0, 0.05) is 32.1 Å². The third kappa shape index (κ3) is 2.50. The molecule has 3 heterocycles. The van der Waals surface area contributed by atoms with Crippen LogP contribution < -0.4 is 0 Å². The van der Waals surface area contributed by atoms with E-state index in [1.165, 1.54) is 12.8 Å². The summed E-state index contributed by atoms with van der Waals surface area (Å²) in [5, 5.41) is 8.67. The lowest BCUT2D eigenvalue weighted by atomic mass is 10.1.